The van der Waals surface area contributed by atoms with E-state index in [9.17, 15) is 8.42 Å². The molecule has 0 amide bonds. The minimum Gasteiger partial charge on any atom is -0.334 e. The fraction of sp³-hybridized carbons (Fsp3) is 0.700. The van der Waals surface area contributed by atoms with E-state index in [1.165, 1.54) is 4.31 Å². The fourth-order valence-corrected chi connectivity index (χ4v) is 3.50. The standard InChI is InChI=1S/C10H17N3O2S/c1-3-12-8-10(11-9(12)2)16(14,15)13-6-4-5-7-13/h8H,3-7H2,1-2H3. The van der Waals surface area contributed by atoms with Crippen LogP contribution in [0.4, 0.5) is 0 Å². The van der Waals surface area contributed by atoms with Gasteiger partial charge in [-0.3, -0.25) is 0 Å². The van der Waals surface area contributed by atoms with E-state index in [-0.39, 0.29) is 5.03 Å². The zero-order valence-corrected chi connectivity index (χ0v) is 10.5. The number of aryl methyl sites for hydroxylation is 2. The summed E-state index contributed by atoms with van der Waals surface area (Å²) < 4.78 is 27.7. The molecule has 0 atom stereocenters. The van der Waals surface area contributed by atoms with Crippen LogP contribution in [0.3, 0.4) is 0 Å². The first-order valence-electron chi connectivity index (χ1n) is 5.59. The Morgan fingerprint density at radius 1 is 1.38 bits per heavy atom. The molecule has 1 fully saturated rings. The lowest BCUT2D eigenvalue weighted by atomic mass is 10.4. The Bertz CT molecular complexity index is 472. The van der Waals surface area contributed by atoms with E-state index in [0.29, 0.717) is 13.1 Å². The Kier molecular flexibility index (Phi) is 3.03. The largest absolute Gasteiger partial charge is 0.334 e. The smallest absolute Gasteiger partial charge is 0.262 e. The number of imidazole rings is 1. The molecule has 16 heavy (non-hydrogen) atoms. The molecule has 1 aromatic heterocycles. The highest BCUT2D eigenvalue weighted by Gasteiger charge is 2.29. The van der Waals surface area contributed by atoms with Gasteiger partial charge in [0.15, 0.2) is 5.03 Å². The first-order chi connectivity index (χ1) is 7.55. The van der Waals surface area contributed by atoms with Gasteiger partial charge in [0.2, 0.25) is 0 Å². The van der Waals surface area contributed by atoms with Crippen molar-refractivity contribution in [3.63, 3.8) is 0 Å². The summed E-state index contributed by atoms with van der Waals surface area (Å²) in [5.41, 5.74) is 0. The number of sulfonamides is 1. The van der Waals surface area contributed by atoms with Crippen molar-refractivity contribution in [3.05, 3.63) is 12.0 Å². The van der Waals surface area contributed by atoms with E-state index < -0.39 is 10.0 Å². The van der Waals surface area contributed by atoms with Crippen LogP contribution in [-0.4, -0.2) is 35.4 Å². The minimum atomic E-state index is -3.35. The van der Waals surface area contributed by atoms with Crippen LogP contribution in [0.25, 0.3) is 0 Å². The normalized spacial score (nSPS) is 18.1. The van der Waals surface area contributed by atoms with Crippen molar-refractivity contribution in [2.24, 2.45) is 0 Å². The molecule has 0 saturated carbocycles. The number of rotatable bonds is 3. The van der Waals surface area contributed by atoms with Gasteiger partial charge in [-0.05, 0) is 26.7 Å². The Balaban J connectivity index is 2.35. The third-order valence-corrected chi connectivity index (χ3v) is 4.73. The number of hydrogen-bond acceptors (Lipinski definition) is 3. The third kappa shape index (κ3) is 1.87. The Labute approximate surface area is 96.1 Å². The van der Waals surface area contributed by atoms with Crippen LogP contribution in [0.2, 0.25) is 0 Å². The van der Waals surface area contributed by atoms with Gasteiger partial charge in [-0.1, -0.05) is 0 Å². The van der Waals surface area contributed by atoms with Crippen LogP contribution in [0.1, 0.15) is 25.6 Å². The van der Waals surface area contributed by atoms with Gasteiger partial charge in [0.05, 0.1) is 0 Å². The zero-order valence-electron chi connectivity index (χ0n) is 9.68. The second-order valence-corrected chi connectivity index (χ2v) is 5.91. The Morgan fingerprint density at radius 3 is 2.50 bits per heavy atom. The number of hydrogen-bond donors (Lipinski definition) is 0. The van der Waals surface area contributed by atoms with E-state index in [4.69, 9.17) is 0 Å². The lowest BCUT2D eigenvalue weighted by Crippen LogP contribution is -2.28. The van der Waals surface area contributed by atoms with E-state index in [0.717, 1.165) is 25.2 Å². The number of nitrogens with zero attached hydrogens (tertiary/aromatic N) is 3. The van der Waals surface area contributed by atoms with Gasteiger partial charge in [-0.2, -0.15) is 4.31 Å². The minimum absolute atomic E-state index is 0.189. The summed E-state index contributed by atoms with van der Waals surface area (Å²) in [5, 5.41) is 0.189. The van der Waals surface area contributed by atoms with Gasteiger partial charge in [0, 0.05) is 25.8 Å². The second-order valence-electron chi connectivity index (χ2n) is 4.02. The van der Waals surface area contributed by atoms with Gasteiger partial charge in [0.1, 0.15) is 5.82 Å². The third-order valence-electron chi connectivity index (χ3n) is 2.96. The first kappa shape index (κ1) is 11.6. The highest BCUT2D eigenvalue weighted by Crippen LogP contribution is 2.20. The molecule has 0 aromatic carbocycles. The molecule has 0 spiro atoms. The molecule has 0 unspecified atom stereocenters. The molecule has 1 aliphatic rings. The molecule has 0 aliphatic carbocycles. The summed E-state index contributed by atoms with van der Waals surface area (Å²) in [5.74, 6) is 0.750. The van der Waals surface area contributed by atoms with Crippen LogP contribution >= 0.6 is 0 Å². The monoisotopic (exact) mass is 243 g/mol. The van der Waals surface area contributed by atoms with Crippen molar-refractivity contribution in [1.29, 1.82) is 0 Å². The maximum absolute atomic E-state index is 12.2. The average Bonchev–Trinajstić information content (AvgIpc) is 2.85. The van der Waals surface area contributed by atoms with Crippen LogP contribution in [0.15, 0.2) is 11.2 Å². The van der Waals surface area contributed by atoms with Gasteiger partial charge in [-0.25, -0.2) is 13.4 Å². The lowest BCUT2D eigenvalue weighted by Gasteiger charge is -2.12. The highest BCUT2D eigenvalue weighted by atomic mass is 32.2. The summed E-state index contributed by atoms with van der Waals surface area (Å²) in [6.07, 6.45) is 3.53. The summed E-state index contributed by atoms with van der Waals surface area (Å²) in [4.78, 5) is 4.13. The molecule has 2 rings (SSSR count). The first-order valence-corrected chi connectivity index (χ1v) is 7.03. The second kappa shape index (κ2) is 4.18. The average molecular weight is 243 g/mol. The summed E-state index contributed by atoms with van der Waals surface area (Å²) in [7, 11) is -3.35. The highest BCUT2D eigenvalue weighted by molar-refractivity contribution is 7.89. The predicted molar refractivity (Wildman–Crippen MR) is 60.6 cm³/mol. The molecule has 0 N–H and O–H groups in total. The van der Waals surface area contributed by atoms with Crippen molar-refractivity contribution >= 4 is 10.0 Å². The maximum atomic E-state index is 12.2. The molecule has 5 nitrogen and oxygen atoms in total. The Morgan fingerprint density at radius 2 is 2.00 bits per heavy atom. The lowest BCUT2D eigenvalue weighted by molar-refractivity contribution is 0.474. The molecular formula is C10H17N3O2S. The quantitative estimate of drug-likeness (QED) is 0.795. The molecule has 2 heterocycles. The van der Waals surface area contributed by atoms with E-state index >= 15 is 0 Å². The molecule has 1 aliphatic heterocycles. The van der Waals surface area contributed by atoms with Gasteiger partial charge in [0.25, 0.3) is 10.0 Å². The zero-order chi connectivity index (χ0) is 11.8. The summed E-state index contributed by atoms with van der Waals surface area (Å²) >= 11 is 0. The molecule has 0 bridgehead atoms. The SMILES string of the molecule is CCn1cc(S(=O)(=O)N2CCCC2)nc1C. The van der Waals surface area contributed by atoms with Crippen LogP contribution in [0, 0.1) is 6.92 Å². The molecule has 1 aromatic rings. The summed E-state index contributed by atoms with van der Waals surface area (Å²) in [6, 6.07) is 0. The van der Waals surface area contributed by atoms with Crippen molar-refractivity contribution in [2.75, 3.05) is 13.1 Å². The topological polar surface area (TPSA) is 55.2 Å². The van der Waals surface area contributed by atoms with Crippen LogP contribution in [0.5, 0.6) is 0 Å². The van der Waals surface area contributed by atoms with Crippen molar-refractivity contribution in [3.8, 4) is 0 Å². The van der Waals surface area contributed by atoms with E-state index in [1.807, 2.05) is 18.4 Å². The van der Waals surface area contributed by atoms with Crippen molar-refractivity contribution in [1.82, 2.24) is 13.9 Å². The molecule has 0 radical (unpaired) electrons. The predicted octanol–water partition coefficient (Wildman–Crippen LogP) is 0.996. The molecule has 90 valence electrons. The number of aromatic nitrogens is 2. The van der Waals surface area contributed by atoms with Gasteiger partial charge < -0.3 is 4.57 Å². The molecule has 1 saturated heterocycles. The van der Waals surface area contributed by atoms with Crippen LogP contribution < -0.4 is 0 Å². The van der Waals surface area contributed by atoms with Gasteiger partial charge >= 0.3 is 0 Å². The maximum Gasteiger partial charge on any atom is 0.262 e. The van der Waals surface area contributed by atoms with Gasteiger partial charge in [-0.15, -0.1) is 0 Å². The summed E-state index contributed by atoms with van der Waals surface area (Å²) in [6.45, 7) is 5.79. The van der Waals surface area contributed by atoms with Crippen molar-refractivity contribution in [2.45, 2.75) is 38.3 Å². The van der Waals surface area contributed by atoms with Crippen LogP contribution in [-0.2, 0) is 16.6 Å². The van der Waals surface area contributed by atoms with E-state index in [1.54, 1.807) is 6.20 Å². The molecular weight excluding hydrogens is 226 g/mol. The Hall–Kier alpha value is -0.880. The fourth-order valence-electron chi connectivity index (χ4n) is 1.98. The molecule has 6 heteroatoms. The van der Waals surface area contributed by atoms with E-state index in [2.05, 4.69) is 4.98 Å². The van der Waals surface area contributed by atoms with Crippen molar-refractivity contribution < 1.29 is 8.42 Å².